The zero-order valence-electron chi connectivity index (χ0n) is 9.63. The lowest BCUT2D eigenvalue weighted by Crippen LogP contribution is -2.33. The normalized spacial score (nSPS) is 16.0. The summed E-state index contributed by atoms with van der Waals surface area (Å²) in [7, 11) is 0. The number of pyridine rings is 1. The predicted octanol–water partition coefficient (Wildman–Crippen LogP) is -0.102. The van der Waals surface area contributed by atoms with E-state index in [0.29, 0.717) is 18.9 Å². The summed E-state index contributed by atoms with van der Waals surface area (Å²) < 4.78 is 0. The monoisotopic (exact) mass is 251 g/mol. The number of nitrogens with zero attached hydrogens (tertiary/aromatic N) is 3. The third kappa shape index (κ3) is 2.47. The Balaban J connectivity index is 2.25. The van der Waals surface area contributed by atoms with Crippen LogP contribution in [-0.2, 0) is 4.79 Å². The quantitative estimate of drug-likeness (QED) is 0.560. The van der Waals surface area contributed by atoms with Gasteiger partial charge in [-0.15, -0.1) is 0 Å². The van der Waals surface area contributed by atoms with Crippen molar-refractivity contribution in [2.24, 2.45) is 0 Å². The van der Waals surface area contributed by atoms with Crippen LogP contribution in [-0.4, -0.2) is 35.4 Å². The van der Waals surface area contributed by atoms with Gasteiger partial charge < -0.3 is 16.0 Å². The van der Waals surface area contributed by atoms with Crippen molar-refractivity contribution in [3.8, 4) is 0 Å². The standard InChI is InChI=1S/C10H13N5O3/c11-10-7(15(17)18)2-3-8(13-10)14-5-1-4-12-9(16)6-14/h2-3H,1,4-6H2,(H2,11,13)(H,12,16). The van der Waals surface area contributed by atoms with E-state index < -0.39 is 4.92 Å². The highest BCUT2D eigenvalue weighted by Crippen LogP contribution is 2.23. The zero-order chi connectivity index (χ0) is 13.1. The van der Waals surface area contributed by atoms with Gasteiger partial charge in [-0.3, -0.25) is 14.9 Å². The molecule has 0 aromatic carbocycles. The van der Waals surface area contributed by atoms with Crippen LogP contribution in [0.5, 0.6) is 0 Å². The van der Waals surface area contributed by atoms with Crippen LogP contribution in [0.4, 0.5) is 17.3 Å². The van der Waals surface area contributed by atoms with Crippen LogP contribution < -0.4 is 16.0 Å². The van der Waals surface area contributed by atoms with Crippen molar-refractivity contribution in [2.45, 2.75) is 6.42 Å². The van der Waals surface area contributed by atoms with Crippen molar-refractivity contribution in [2.75, 3.05) is 30.3 Å². The molecular formula is C10H13N5O3. The minimum absolute atomic E-state index is 0.0915. The maximum Gasteiger partial charge on any atom is 0.311 e. The van der Waals surface area contributed by atoms with Crippen LogP contribution in [0.15, 0.2) is 12.1 Å². The first kappa shape index (κ1) is 12.1. The van der Waals surface area contributed by atoms with Gasteiger partial charge in [0, 0.05) is 19.2 Å². The van der Waals surface area contributed by atoms with E-state index in [9.17, 15) is 14.9 Å². The molecule has 0 bridgehead atoms. The number of nitrogens with two attached hydrogens (primary N) is 1. The molecule has 1 aliphatic heterocycles. The third-order valence-corrected chi connectivity index (χ3v) is 2.67. The van der Waals surface area contributed by atoms with Gasteiger partial charge in [-0.05, 0) is 12.5 Å². The molecule has 1 fully saturated rings. The maximum atomic E-state index is 11.4. The number of nitro groups is 1. The summed E-state index contributed by atoms with van der Waals surface area (Å²) in [5, 5.41) is 13.4. The van der Waals surface area contributed by atoms with Crippen LogP contribution >= 0.6 is 0 Å². The van der Waals surface area contributed by atoms with Gasteiger partial charge in [-0.1, -0.05) is 0 Å². The molecule has 0 radical (unpaired) electrons. The van der Waals surface area contributed by atoms with E-state index in [0.717, 1.165) is 6.42 Å². The van der Waals surface area contributed by atoms with Crippen LogP contribution in [0.25, 0.3) is 0 Å². The molecule has 2 heterocycles. The van der Waals surface area contributed by atoms with Gasteiger partial charge in [-0.2, -0.15) is 0 Å². The summed E-state index contributed by atoms with van der Waals surface area (Å²) in [6.07, 6.45) is 0.796. The molecule has 0 atom stereocenters. The number of nitrogen functional groups attached to an aromatic ring is 1. The Hall–Kier alpha value is -2.38. The second kappa shape index (κ2) is 4.86. The second-order valence-electron chi connectivity index (χ2n) is 3.96. The first-order valence-corrected chi connectivity index (χ1v) is 5.50. The van der Waals surface area contributed by atoms with E-state index >= 15 is 0 Å². The summed E-state index contributed by atoms with van der Waals surface area (Å²) in [6, 6.07) is 2.81. The number of aromatic nitrogens is 1. The van der Waals surface area contributed by atoms with Crippen LogP contribution in [0, 0.1) is 10.1 Å². The van der Waals surface area contributed by atoms with Gasteiger partial charge in [0.05, 0.1) is 11.5 Å². The van der Waals surface area contributed by atoms with E-state index in [-0.39, 0.29) is 24.0 Å². The van der Waals surface area contributed by atoms with E-state index in [1.807, 2.05) is 0 Å². The molecule has 1 saturated heterocycles. The summed E-state index contributed by atoms with van der Waals surface area (Å²) in [4.78, 5) is 27.2. The molecule has 1 aliphatic rings. The maximum absolute atomic E-state index is 11.4. The lowest BCUT2D eigenvalue weighted by Gasteiger charge is -2.19. The van der Waals surface area contributed by atoms with E-state index in [2.05, 4.69) is 10.3 Å². The molecule has 18 heavy (non-hydrogen) atoms. The number of carbonyl (C=O) groups excluding carboxylic acids is 1. The molecule has 3 N–H and O–H groups in total. The topological polar surface area (TPSA) is 114 Å². The molecule has 0 unspecified atom stereocenters. The van der Waals surface area contributed by atoms with E-state index in [1.54, 1.807) is 4.90 Å². The van der Waals surface area contributed by atoms with Crippen molar-refractivity contribution in [3.05, 3.63) is 22.2 Å². The van der Waals surface area contributed by atoms with E-state index in [4.69, 9.17) is 5.73 Å². The Bertz CT molecular complexity index is 490. The molecule has 1 aromatic rings. The Labute approximate surface area is 103 Å². The number of hydrogen-bond donors (Lipinski definition) is 2. The fourth-order valence-electron chi connectivity index (χ4n) is 1.79. The molecule has 0 aliphatic carbocycles. The molecule has 8 heteroatoms. The smallest absolute Gasteiger partial charge is 0.311 e. The fourth-order valence-corrected chi connectivity index (χ4v) is 1.79. The van der Waals surface area contributed by atoms with Crippen molar-refractivity contribution in [1.29, 1.82) is 0 Å². The molecule has 2 rings (SSSR count). The number of amides is 1. The van der Waals surface area contributed by atoms with Crippen LogP contribution in [0.2, 0.25) is 0 Å². The average molecular weight is 251 g/mol. The summed E-state index contributed by atoms with van der Waals surface area (Å²) in [5.41, 5.74) is 5.30. The molecule has 1 aromatic heterocycles. The average Bonchev–Trinajstić information content (AvgIpc) is 2.53. The van der Waals surface area contributed by atoms with Gasteiger partial charge in [0.15, 0.2) is 0 Å². The highest BCUT2D eigenvalue weighted by atomic mass is 16.6. The summed E-state index contributed by atoms with van der Waals surface area (Å²) in [5.74, 6) is 0.253. The molecule has 0 spiro atoms. The molecule has 0 saturated carbocycles. The lowest BCUT2D eigenvalue weighted by atomic mass is 10.3. The molecule has 8 nitrogen and oxygen atoms in total. The minimum Gasteiger partial charge on any atom is -0.378 e. The van der Waals surface area contributed by atoms with Gasteiger partial charge in [0.25, 0.3) is 0 Å². The van der Waals surface area contributed by atoms with Crippen molar-refractivity contribution in [1.82, 2.24) is 10.3 Å². The Morgan fingerprint density at radius 1 is 1.50 bits per heavy atom. The predicted molar refractivity (Wildman–Crippen MR) is 65.1 cm³/mol. The van der Waals surface area contributed by atoms with Crippen molar-refractivity contribution < 1.29 is 9.72 Å². The number of rotatable bonds is 2. The van der Waals surface area contributed by atoms with Crippen molar-refractivity contribution >= 4 is 23.2 Å². The fraction of sp³-hybridized carbons (Fsp3) is 0.400. The first-order chi connectivity index (χ1) is 8.58. The number of nitrogens with one attached hydrogen (secondary N) is 1. The molecule has 1 amide bonds. The largest absolute Gasteiger partial charge is 0.378 e. The highest BCUT2D eigenvalue weighted by molar-refractivity contribution is 5.81. The van der Waals surface area contributed by atoms with Crippen LogP contribution in [0.3, 0.4) is 0 Å². The Morgan fingerprint density at radius 3 is 2.94 bits per heavy atom. The van der Waals surface area contributed by atoms with Gasteiger partial charge in [-0.25, -0.2) is 4.98 Å². The molecule has 96 valence electrons. The van der Waals surface area contributed by atoms with Crippen LogP contribution in [0.1, 0.15) is 6.42 Å². The summed E-state index contributed by atoms with van der Waals surface area (Å²) in [6.45, 7) is 1.46. The van der Waals surface area contributed by atoms with Gasteiger partial charge >= 0.3 is 5.69 Å². The minimum atomic E-state index is -0.582. The number of carbonyl (C=O) groups is 1. The van der Waals surface area contributed by atoms with Crippen molar-refractivity contribution in [3.63, 3.8) is 0 Å². The SMILES string of the molecule is Nc1nc(N2CCCNC(=O)C2)ccc1[N+](=O)[O-]. The van der Waals surface area contributed by atoms with Gasteiger partial charge in [0.1, 0.15) is 5.82 Å². The molecular weight excluding hydrogens is 238 g/mol. The number of hydrogen-bond acceptors (Lipinski definition) is 6. The summed E-state index contributed by atoms with van der Waals surface area (Å²) >= 11 is 0. The van der Waals surface area contributed by atoms with E-state index in [1.165, 1.54) is 12.1 Å². The zero-order valence-corrected chi connectivity index (χ0v) is 9.63. The Kier molecular flexibility index (Phi) is 3.26. The van der Waals surface area contributed by atoms with Gasteiger partial charge in [0.2, 0.25) is 11.7 Å². The third-order valence-electron chi connectivity index (χ3n) is 2.67. The second-order valence-corrected chi connectivity index (χ2v) is 3.96. The number of anilines is 2. The lowest BCUT2D eigenvalue weighted by molar-refractivity contribution is -0.384. The highest BCUT2D eigenvalue weighted by Gasteiger charge is 2.19. The Morgan fingerprint density at radius 2 is 2.28 bits per heavy atom. The first-order valence-electron chi connectivity index (χ1n) is 5.50.